The number of aliphatic imine (C=N–C) groups is 1. The molecule has 0 radical (unpaired) electrons. The molecule has 144 valence electrons. The van der Waals surface area contributed by atoms with Gasteiger partial charge in [-0.15, -0.1) is 0 Å². The fraction of sp³-hybridized carbons (Fsp3) is 0.476. The predicted molar refractivity (Wildman–Crippen MR) is 108 cm³/mol. The number of allylic oxidation sites excluding steroid dienone is 1. The van der Waals surface area contributed by atoms with Crippen LogP contribution in [-0.4, -0.2) is 34.3 Å². The monoisotopic (exact) mass is 386 g/mol. The zero-order valence-corrected chi connectivity index (χ0v) is 17.1. The summed E-state index contributed by atoms with van der Waals surface area (Å²) in [5.41, 5.74) is 3.21. The van der Waals surface area contributed by atoms with Crippen LogP contribution in [0.1, 0.15) is 51.3 Å². The van der Waals surface area contributed by atoms with E-state index in [1.807, 2.05) is 32.9 Å². The molecule has 6 heteroatoms. The number of rotatable bonds is 5. The van der Waals surface area contributed by atoms with Gasteiger partial charge in [0.1, 0.15) is 0 Å². The molecule has 2 aliphatic rings. The normalized spacial score (nSPS) is 19.9. The predicted octanol–water partition coefficient (Wildman–Crippen LogP) is 4.10. The number of fused-ring (bicyclic) bond motifs is 1. The van der Waals surface area contributed by atoms with Crippen molar-refractivity contribution in [1.82, 2.24) is 4.90 Å². The van der Waals surface area contributed by atoms with Crippen LogP contribution in [-0.2, 0) is 20.7 Å². The first-order chi connectivity index (χ1) is 12.9. The average Bonchev–Trinajstić information content (AvgIpc) is 2.65. The van der Waals surface area contributed by atoms with Crippen molar-refractivity contribution in [2.24, 2.45) is 10.9 Å². The summed E-state index contributed by atoms with van der Waals surface area (Å²) in [7, 11) is 0. The molecule has 2 aliphatic heterocycles. The van der Waals surface area contributed by atoms with E-state index in [1.54, 1.807) is 16.7 Å². The van der Waals surface area contributed by atoms with Crippen molar-refractivity contribution in [3.05, 3.63) is 46.7 Å². The lowest BCUT2D eigenvalue weighted by molar-refractivity contribution is -0.141. The number of benzene rings is 1. The molecule has 1 aromatic rings. The zero-order valence-electron chi connectivity index (χ0n) is 16.3. The van der Waals surface area contributed by atoms with Gasteiger partial charge in [0.05, 0.1) is 23.9 Å². The van der Waals surface area contributed by atoms with Crippen molar-refractivity contribution in [2.75, 3.05) is 12.4 Å². The van der Waals surface area contributed by atoms with E-state index < -0.39 is 12.0 Å². The molecule has 1 aromatic carbocycles. The number of hydrogen-bond donors (Lipinski definition) is 0. The summed E-state index contributed by atoms with van der Waals surface area (Å²) in [5.74, 6) is 0.568. The van der Waals surface area contributed by atoms with Gasteiger partial charge in [0.25, 0.3) is 0 Å². The van der Waals surface area contributed by atoms with E-state index in [-0.39, 0.29) is 11.8 Å². The second kappa shape index (κ2) is 8.30. The number of nitrogens with zero attached hydrogens (tertiary/aromatic N) is 2. The number of amidine groups is 1. The van der Waals surface area contributed by atoms with Crippen molar-refractivity contribution < 1.29 is 14.3 Å². The summed E-state index contributed by atoms with van der Waals surface area (Å²) in [6.07, 6.45) is 1.38. The van der Waals surface area contributed by atoms with Crippen molar-refractivity contribution in [3.63, 3.8) is 0 Å². The summed E-state index contributed by atoms with van der Waals surface area (Å²) < 4.78 is 5.51. The maximum atomic E-state index is 12.9. The van der Waals surface area contributed by atoms with E-state index in [2.05, 4.69) is 24.0 Å². The van der Waals surface area contributed by atoms with Crippen molar-refractivity contribution >= 4 is 28.8 Å². The Balaban J connectivity index is 2.05. The molecule has 1 fully saturated rings. The first-order valence-electron chi connectivity index (χ1n) is 9.42. The van der Waals surface area contributed by atoms with Gasteiger partial charge in [0, 0.05) is 12.2 Å². The average molecular weight is 387 g/mol. The second-order valence-corrected chi connectivity index (χ2v) is 8.31. The number of esters is 1. The Morgan fingerprint density at radius 1 is 1.33 bits per heavy atom. The third-order valence-corrected chi connectivity index (χ3v) is 5.63. The highest BCUT2D eigenvalue weighted by molar-refractivity contribution is 8.14. The van der Waals surface area contributed by atoms with E-state index in [0.29, 0.717) is 29.5 Å². The Hall–Kier alpha value is -2.08. The minimum Gasteiger partial charge on any atom is -0.462 e. The van der Waals surface area contributed by atoms with Crippen molar-refractivity contribution in [3.8, 4) is 0 Å². The van der Waals surface area contributed by atoms with E-state index >= 15 is 0 Å². The summed E-state index contributed by atoms with van der Waals surface area (Å²) >= 11 is 1.56. The highest BCUT2D eigenvalue weighted by Gasteiger charge is 2.41. The summed E-state index contributed by atoms with van der Waals surface area (Å²) in [5, 5.41) is 0.675. The van der Waals surface area contributed by atoms with Gasteiger partial charge in [-0.25, -0.2) is 9.79 Å². The fourth-order valence-corrected chi connectivity index (χ4v) is 4.24. The second-order valence-electron chi connectivity index (χ2n) is 7.25. The third kappa shape index (κ3) is 4.10. The largest absolute Gasteiger partial charge is 0.462 e. The molecule has 27 heavy (non-hydrogen) atoms. The van der Waals surface area contributed by atoms with Crippen LogP contribution in [0.25, 0.3) is 0 Å². The molecule has 0 spiro atoms. The number of amides is 1. The molecule has 1 amide bonds. The SMILES string of the molecule is CCc1ccc([C@@H]2C(C(=O)OCC(C)C)=C(C)N=C3SCCC(=O)N32)cc1. The van der Waals surface area contributed by atoms with E-state index in [4.69, 9.17) is 4.74 Å². The Labute approximate surface area is 164 Å². The summed E-state index contributed by atoms with van der Waals surface area (Å²) in [4.78, 5) is 31.9. The Morgan fingerprint density at radius 3 is 2.67 bits per heavy atom. The minimum atomic E-state index is -0.483. The first kappa shape index (κ1) is 19.7. The standard InChI is InChI=1S/C21H26N2O3S/c1-5-15-6-8-16(9-7-15)19-18(20(25)26-12-13(2)3)14(4)22-21-23(19)17(24)10-11-27-21/h6-9,13,19H,5,10-12H2,1-4H3/t19-/m1/s1. The van der Waals surface area contributed by atoms with Gasteiger partial charge >= 0.3 is 5.97 Å². The number of carbonyl (C=O) groups is 2. The molecule has 3 rings (SSSR count). The van der Waals surface area contributed by atoms with Gasteiger partial charge in [-0.1, -0.05) is 56.8 Å². The number of ether oxygens (including phenoxy) is 1. The Kier molecular flexibility index (Phi) is 6.05. The quantitative estimate of drug-likeness (QED) is 0.715. The van der Waals surface area contributed by atoms with Crippen LogP contribution in [0.15, 0.2) is 40.5 Å². The molecular weight excluding hydrogens is 360 g/mol. The van der Waals surface area contributed by atoms with Crippen molar-refractivity contribution in [1.29, 1.82) is 0 Å². The van der Waals surface area contributed by atoms with Crippen LogP contribution >= 0.6 is 11.8 Å². The summed E-state index contributed by atoms with van der Waals surface area (Å²) in [6, 6.07) is 7.62. The molecule has 0 unspecified atom stereocenters. The molecule has 0 bridgehead atoms. The van der Waals surface area contributed by atoms with Crippen LogP contribution in [0.3, 0.4) is 0 Å². The molecule has 1 atom stereocenters. The molecular formula is C21H26N2O3S. The molecule has 0 N–H and O–H groups in total. The number of carbonyl (C=O) groups excluding carboxylic acids is 2. The third-order valence-electron chi connectivity index (χ3n) is 4.68. The van der Waals surface area contributed by atoms with Crippen LogP contribution in [0.4, 0.5) is 0 Å². The van der Waals surface area contributed by atoms with Crippen molar-refractivity contribution in [2.45, 2.75) is 46.6 Å². The number of thioether (sulfide) groups is 1. The van der Waals surface area contributed by atoms with E-state index in [0.717, 1.165) is 17.7 Å². The number of hydrogen-bond acceptors (Lipinski definition) is 5. The van der Waals surface area contributed by atoms with Gasteiger partial charge in [-0.2, -0.15) is 0 Å². The zero-order chi connectivity index (χ0) is 19.6. The summed E-state index contributed by atoms with van der Waals surface area (Å²) in [6.45, 7) is 8.26. The lowest BCUT2D eigenvalue weighted by Gasteiger charge is -2.39. The number of aryl methyl sites for hydroxylation is 1. The van der Waals surface area contributed by atoms with Gasteiger partial charge in [-0.3, -0.25) is 9.69 Å². The van der Waals surface area contributed by atoms with E-state index in [1.165, 1.54) is 5.56 Å². The highest BCUT2D eigenvalue weighted by atomic mass is 32.2. The molecule has 0 aliphatic carbocycles. The smallest absolute Gasteiger partial charge is 0.338 e. The van der Waals surface area contributed by atoms with Gasteiger partial charge in [-0.05, 0) is 30.4 Å². The molecule has 0 aromatic heterocycles. The van der Waals surface area contributed by atoms with Gasteiger partial charge < -0.3 is 4.74 Å². The molecule has 2 heterocycles. The van der Waals surface area contributed by atoms with E-state index in [9.17, 15) is 9.59 Å². The van der Waals surface area contributed by atoms with Crippen LogP contribution < -0.4 is 0 Å². The topological polar surface area (TPSA) is 59.0 Å². The maximum absolute atomic E-state index is 12.9. The molecule has 1 saturated heterocycles. The Morgan fingerprint density at radius 2 is 2.04 bits per heavy atom. The van der Waals surface area contributed by atoms with Crippen LogP contribution in [0.2, 0.25) is 0 Å². The highest BCUT2D eigenvalue weighted by Crippen LogP contribution is 2.40. The van der Waals surface area contributed by atoms with Gasteiger partial charge in [0.2, 0.25) is 5.91 Å². The fourth-order valence-electron chi connectivity index (χ4n) is 3.23. The first-order valence-corrected chi connectivity index (χ1v) is 10.4. The van der Waals surface area contributed by atoms with Gasteiger partial charge in [0.15, 0.2) is 5.17 Å². The Bertz CT molecular complexity index is 796. The molecule has 0 saturated carbocycles. The lowest BCUT2D eigenvalue weighted by atomic mass is 9.93. The molecule has 5 nitrogen and oxygen atoms in total. The lowest BCUT2D eigenvalue weighted by Crippen LogP contribution is -2.45. The minimum absolute atomic E-state index is 0.00118. The van der Waals surface area contributed by atoms with Crippen LogP contribution in [0.5, 0.6) is 0 Å². The maximum Gasteiger partial charge on any atom is 0.338 e. The van der Waals surface area contributed by atoms with Crippen LogP contribution in [0, 0.1) is 5.92 Å².